The molecule has 0 radical (unpaired) electrons. The highest BCUT2D eigenvalue weighted by atomic mass is 35.5. The first-order chi connectivity index (χ1) is 6.63. The zero-order valence-corrected chi connectivity index (χ0v) is 9.32. The van der Waals surface area contributed by atoms with E-state index >= 15 is 0 Å². The maximum absolute atomic E-state index is 11.5. The number of aryl methyl sites for hydroxylation is 1. The molecule has 0 bridgehead atoms. The molecule has 2 nitrogen and oxygen atoms in total. The molecular weight excluding hydrogens is 221 g/mol. The molecule has 0 saturated heterocycles. The number of nitrogens with one attached hydrogen (secondary N) is 1. The van der Waals surface area contributed by atoms with Crippen molar-refractivity contribution in [2.24, 2.45) is 0 Å². The van der Waals surface area contributed by atoms with E-state index in [2.05, 4.69) is 5.32 Å². The van der Waals surface area contributed by atoms with Gasteiger partial charge in [-0.25, -0.2) is 0 Å². The number of alkyl halides is 1. The van der Waals surface area contributed by atoms with Gasteiger partial charge in [-0.2, -0.15) is 0 Å². The fourth-order valence-electron chi connectivity index (χ4n) is 1.13. The van der Waals surface area contributed by atoms with Gasteiger partial charge in [0.2, 0.25) is 0 Å². The lowest BCUT2D eigenvalue weighted by molar-refractivity contribution is 0.0956. The first-order valence-corrected chi connectivity index (χ1v) is 5.16. The summed E-state index contributed by atoms with van der Waals surface area (Å²) in [6, 6.07) is 5.23. The van der Waals surface area contributed by atoms with Gasteiger partial charge in [-0.1, -0.05) is 11.6 Å². The van der Waals surface area contributed by atoms with Crippen molar-refractivity contribution >= 4 is 29.1 Å². The smallest absolute Gasteiger partial charge is 0.251 e. The Hall–Kier alpha value is -0.730. The molecule has 4 heteroatoms. The third-order valence-electron chi connectivity index (χ3n) is 1.68. The second-order valence-corrected chi connectivity index (χ2v) is 3.78. The van der Waals surface area contributed by atoms with E-state index in [1.165, 1.54) is 0 Å². The Morgan fingerprint density at radius 1 is 1.43 bits per heavy atom. The summed E-state index contributed by atoms with van der Waals surface area (Å²) in [5, 5.41) is 3.24. The van der Waals surface area contributed by atoms with E-state index in [0.717, 1.165) is 5.56 Å². The van der Waals surface area contributed by atoms with Crippen LogP contribution in [0.15, 0.2) is 18.2 Å². The second-order valence-electron chi connectivity index (χ2n) is 2.96. The van der Waals surface area contributed by atoms with E-state index in [1.807, 2.05) is 6.92 Å². The maximum atomic E-state index is 11.5. The van der Waals surface area contributed by atoms with E-state index in [-0.39, 0.29) is 5.91 Å². The second kappa shape index (κ2) is 5.23. The van der Waals surface area contributed by atoms with Crippen LogP contribution in [0.4, 0.5) is 0 Å². The first kappa shape index (κ1) is 11.3. The van der Waals surface area contributed by atoms with E-state index in [1.54, 1.807) is 18.2 Å². The minimum absolute atomic E-state index is 0.142. The van der Waals surface area contributed by atoms with Crippen LogP contribution in [0.3, 0.4) is 0 Å². The summed E-state index contributed by atoms with van der Waals surface area (Å²) in [7, 11) is 0. The number of carbonyl (C=O) groups is 1. The third-order valence-corrected chi connectivity index (χ3v) is 2.09. The normalized spacial score (nSPS) is 9.93. The zero-order chi connectivity index (χ0) is 10.6. The zero-order valence-electron chi connectivity index (χ0n) is 7.81. The summed E-state index contributed by atoms with van der Waals surface area (Å²) >= 11 is 11.3. The van der Waals surface area contributed by atoms with Crippen molar-refractivity contribution in [3.8, 4) is 0 Å². The fraction of sp³-hybridized carbons (Fsp3) is 0.300. The van der Waals surface area contributed by atoms with Crippen LogP contribution in [0.1, 0.15) is 15.9 Å². The average molecular weight is 232 g/mol. The van der Waals surface area contributed by atoms with Gasteiger partial charge in [0.15, 0.2) is 0 Å². The molecule has 1 rings (SSSR count). The van der Waals surface area contributed by atoms with Crippen molar-refractivity contribution in [3.05, 3.63) is 34.3 Å². The van der Waals surface area contributed by atoms with Gasteiger partial charge < -0.3 is 5.32 Å². The largest absolute Gasteiger partial charge is 0.351 e. The van der Waals surface area contributed by atoms with Gasteiger partial charge in [-0.05, 0) is 30.7 Å². The molecule has 0 aliphatic heterocycles. The molecule has 1 aromatic rings. The van der Waals surface area contributed by atoms with E-state index in [9.17, 15) is 4.79 Å². The lowest BCUT2D eigenvalue weighted by Crippen LogP contribution is -2.25. The molecule has 1 amide bonds. The van der Waals surface area contributed by atoms with Crippen LogP contribution >= 0.6 is 23.2 Å². The maximum Gasteiger partial charge on any atom is 0.251 e. The van der Waals surface area contributed by atoms with E-state index < -0.39 is 0 Å². The first-order valence-electron chi connectivity index (χ1n) is 4.25. The number of carbonyl (C=O) groups excluding carboxylic acids is 1. The van der Waals surface area contributed by atoms with Crippen LogP contribution in [0.2, 0.25) is 5.02 Å². The SMILES string of the molecule is Cc1cc(Cl)cc(C(=O)NCCCl)c1. The summed E-state index contributed by atoms with van der Waals surface area (Å²) in [4.78, 5) is 11.5. The number of rotatable bonds is 3. The van der Waals surface area contributed by atoms with Crippen LogP contribution < -0.4 is 5.32 Å². The minimum atomic E-state index is -0.142. The van der Waals surface area contributed by atoms with Crippen molar-refractivity contribution in [2.75, 3.05) is 12.4 Å². The third kappa shape index (κ3) is 3.20. The molecule has 1 N–H and O–H groups in total. The Balaban J connectivity index is 2.79. The molecule has 1 aromatic carbocycles. The summed E-state index contributed by atoms with van der Waals surface area (Å²) in [6.07, 6.45) is 0. The summed E-state index contributed by atoms with van der Waals surface area (Å²) in [5.41, 5.74) is 1.54. The van der Waals surface area contributed by atoms with Crippen molar-refractivity contribution in [1.29, 1.82) is 0 Å². The lowest BCUT2D eigenvalue weighted by Gasteiger charge is -2.04. The predicted molar refractivity (Wildman–Crippen MR) is 59.2 cm³/mol. The minimum Gasteiger partial charge on any atom is -0.351 e. The van der Waals surface area contributed by atoms with Gasteiger partial charge in [0.05, 0.1) is 0 Å². The molecule has 0 saturated carbocycles. The van der Waals surface area contributed by atoms with Crippen LogP contribution in [0.5, 0.6) is 0 Å². The van der Waals surface area contributed by atoms with Crippen molar-refractivity contribution < 1.29 is 4.79 Å². The lowest BCUT2D eigenvalue weighted by atomic mass is 10.1. The van der Waals surface area contributed by atoms with Crippen LogP contribution in [0.25, 0.3) is 0 Å². The number of halogens is 2. The van der Waals surface area contributed by atoms with Crippen LogP contribution in [0, 0.1) is 6.92 Å². The monoisotopic (exact) mass is 231 g/mol. The number of amides is 1. The standard InChI is InChI=1S/C10H11Cl2NO/c1-7-4-8(6-9(12)5-7)10(14)13-3-2-11/h4-6H,2-3H2,1H3,(H,13,14). The Morgan fingerprint density at radius 2 is 2.14 bits per heavy atom. The fourth-order valence-corrected chi connectivity index (χ4v) is 1.51. The van der Waals surface area contributed by atoms with Crippen LogP contribution in [-0.2, 0) is 0 Å². The summed E-state index contributed by atoms with van der Waals surface area (Å²) in [6.45, 7) is 2.36. The molecule has 76 valence electrons. The number of hydrogen-bond donors (Lipinski definition) is 1. The van der Waals surface area contributed by atoms with E-state index in [4.69, 9.17) is 23.2 Å². The molecule has 0 aliphatic carbocycles. The topological polar surface area (TPSA) is 29.1 Å². The average Bonchev–Trinajstić information content (AvgIpc) is 2.12. The highest BCUT2D eigenvalue weighted by molar-refractivity contribution is 6.31. The molecule has 0 heterocycles. The summed E-state index contributed by atoms with van der Waals surface area (Å²) < 4.78 is 0. The Labute approximate surface area is 93.2 Å². The molecule has 0 aliphatic rings. The Morgan fingerprint density at radius 3 is 2.71 bits per heavy atom. The number of benzene rings is 1. The van der Waals surface area contributed by atoms with Gasteiger partial charge in [-0.15, -0.1) is 11.6 Å². The highest BCUT2D eigenvalue weighted by Crippen LogP contribution is 2.14. The molecule has 0 atom stereocenters. The van der Waals surface area contributed by atoms with Crippen LogP contribution in [-0.4, -0.2) is 18.3 Å². The molecule has 14 heavy (non-hydrogen) atoms. The summed E-state index contributed by atoms with van der Waals surface area (Å²) in [5.74, 6) is 0.266. The quantitative estimate of drug-likeness (QED) is 0.797. The van der Waals surface area contributed by atoms with Crippen molar-refractivity contribution in [1.82, 2.24) is 5.32 Å². The Bertz CT molecular complexity index is 319. The molecule has 0 fully saturated rings. The van der Waals surface area contributed by atoms with Gasteiger partial charge in [-0.3, -0.25) is 4.79 Å². The van der Waals surface area contributed by atoms with Gasteiger partial charge in [0.1, 0.15) is 0 Å². The molecule has 0 unspecified atom stereocenters. The molecule has 0 aromatic heterocycles. The van der Waals surface area contributed by atoms with Crippen molar-refractivity contribution in [3.63, 3.8) is 0 Å². The number of hydrogen-bond acceptors (Lipinski definition) is 1. The molecular formula is C10H11Cl2NO. The van der Waals surface area contributed by atoms with Gasteiger partial charge in [0.25, 0.3) is 5.91 Å². The molecule has 0 spiro atoms. The van der Waals surface area contributed by atoms with Crippen molar-refractivity contribution in [2.45, 2.75) is 6.92 Å². The highest BCUT2D eigenvalue weighted by Gasteiger charge is 2.05. The van der Waals surface area contributed by atoms with E-state index in [0.29, 0.717) is 23.0 Å². The Kier molecular flexibility index (Phi) is 4.23. The predicted octanol–water partition coefficient (Wildman–Crippen LogP) is 2.62. The van der Waals surface area contributed by atoms with Gasteiger partial charge >= 0.3 is 0 Å². The van der Waals surface area contributed by atoms with Gasteiger partial charge in [0, 0.05) is 23.0 Å².